The molecule has 1 aromatic rings. The van der Waals surface area contributed by atoms with E-state index in [1.165, 1.54) is 0 Å². The molecule has 2 amide bonds. The summed E-state index contributed by atoms with van der Waals surface area (Å²) < 4.78 is 0. The van der Waals surface area contributed by atoms with Gasteiger partial charge in [0.1, 0.15) is 0 Å². The Labute approximate surface area is 149 Å². The summed E-state index contributed by atoms with van der Waals surface area (Å²) in [6.07, 6.45) is 7.14. The first-order valence-electron chi connectivity index (χ1n) is 8.14. The monoisotopic (exact) mass is 360 g/mol. The van der Waals surface area contributed by atoms with E-state index in [-0.39, 0.29) is 11.3 Å². The highest BCUT2D eigenvalue weighted by atomic mass is 32.2. The van der Waals surface area contributed by atoms with E-state index in [0.717, 1.165) is 37.4 Å². The predicted octanol–water partition coefficient (Wildman–Crippen LogP) is 1.90. The van der Waals surface area contributed by atoms with Crippen LogP contribution in [0.1, 0.15) is 38.3 Å². The number of nitrogens with one attached hydrogen (secondary N) is 2. The van der Waals surface area contributed by atoms with E-state index >= 15 is 0 Å². The van der Waals surface area contributed by atoms with Crippen LogP contribution in [0.2, 0.25) is 0 Å². The maximum atomic E-state index is 11.6. The molecule has 2 aliphatic rings. The summed E-state index contributed by atoms with van der Waals surface area (Å²) >= 11 is 0.873. The lowest BCUT2D eigenvalue weighted by molar-refractivity contribution is -0.115. The Morgan fingerprint density at radius 2 is 2.16 bits per heavy atom. The molecule has 2 heterocycles. The van der Waals surface area contributed by atoms with Crippen LogP contribution in [0.25, 0.3) is 6.08 Å². The molecule has 0 bridgehead atoms. The van der Waals surface area contributed by atoms with E-state index in [4.69, 9.17) is 5.73 Å². The molecule has 0 radical (unpaired) electrons. The van der Waals surface area contributed by atoms with Crippen molar-refractivity contribution in [3.63, 3.8) is 0 Å². The van der Waals surface area contributed by atoms with Gasteiger partial charge in [0.25, 0.3) is 11.1 Å². The van der Waals surface area contributed by atoms with Gasteiger partial charge in [0, 0.05) is 12.2 Å². The van der Waals surface area contributed by atoms with Gasteiger partial charge < -0.3 is 11.1 Å². The number of aromatic nitrogens is 2. The standard InChI is InChI=1S/C16H20N6O2S/c1-9(17)19-10-2-4-11(5-3-10)20-15-18-7-6-12(21-15)8-13-14(23)22-16(24)25-13/h6-8,10-11H,2-5H2,1H3,(H2,17,19)(H,18,20,21)(H,22,23,24). The van der Waals surface area contributed by atoms with Crippen molar-refractivity contribution < 1.29 is 9.59 Å². The number of aliphatic imine (C=N–C) groups is 1. The van der Waals surface area contributed by atoms with Gasteiger partial charge in [-0.05, 0) is 56.5 Å². The van der Waals surface area contributed by atoms with Gasteiger partial charge in [-0.15, -0.1) is 0 Å². The van der Waals surface area contributed by atoms with Gasteiger partial charge in [0.15, 0.2) is 0 Å². The van der Waals surface area contributed by atoms with E-state index in [0.29, 0.717) is 28.4 Å². The van der Waals surface area contributed by atoms with Crippen molar-refractivity contribution in [3.05, 3.63) is 22.9 Å². The Bertz CT molecular complexity index is 736. The molecule has 0 spiro atoms. The summed E-state index contributed by atoms with van der Waals surface area (Å²) in [7, 11) is 0. The van der Waals surface area contributed by atoms with Crippen LogP contribution < -0.4 is 16.4 Å². The molecule has 9 heteroatoms. The third-order valence-electron chi connectivity index (χ3n) is 4.01. The molecule has 1 aliphatic carbocycles. The van der Waals surface area contributed by atoms with Crippen molar-refractivity contribution in [1.82, 2.24) is 15.3 Å². The average molecular weight is 360 g/mol. The van der Waals surface area contributed by atoms with Crippen LogP contribution in [0.3, 0.4) is 0 Å². The first kappa shape index (κ1) is 17.4. The minimum Gasteiger partial charge on any atom is -0.388 e. The van der Waals surface area contributed by atoms with E-state index in [1.807, 2.05) is 6.92 Å². The molecular formula is C16H20N6O2S. The van der Waals surface area contributed by atoms with Crippen molar-refractivity contribution in [2.75, 3.05) is 5.32 Å². The number of hydrogen-bond acceptors (Lipinski definition) is 7. The molecule has 2 fully saturated rings. The summed E-state index contributed by atoms with van der Waals surface area (Å²) in [5.74, 6) is 0.760. The van der Waals surface area contributed by atoms with Gasteiger partial charge in [0.2, 0.25) is 5.95 Å². The second-order valence-electron chi connectivity index (χ2n) is 6.08. The predicted molar refractivity (Wildman–Crippen MR) is 98.1 cm³/mol. The second kappa shape index (κ2) is 7.64. The van der Waals surface area contributed by atoms with Crippen molar-refractivity contribution in [2.24, 2.45) is 10.7 Å². The summed E-state index contributed by atoms with van der Waals surface area (Å²) in [4.78, 5) is 36.2. The van der Waals surface area contributed by atoms with Gasteiger partial charge in [-0.2, -0.15) is 0 Å². The molecule has 4 N–H and O–H groups in total. The van der Waals surface area contributed by atoms with Gasteiger partial charge in [0.05, 0.1) is 22.5 Å². The Morgan fingerprint density at radius 1 is 1.40 bits per heavy atom. The van der Waals surface area contributed by atoms with Crippen molar-refractivity contribution in [2.45, 2.75) is 44.7 Å². The fourth-order valence-electron chi connectivity index (χ4n) is 2.90. The van der Waals surface area contributed by atoms with Crippen LogP contribution in [0.4, 0.5) is 10.7 Å². The summed E-state index contributed by atoms with van der Waals surface area (Å²) in [6.45, 7) is 1.81. The molecule has 1 aromatic heterocycles. The van der Waals surface area contributed by atoms with Crippen LogP contribution in [0.15, 0.2) is 22.2 Å². The molecule has 1 saturated heterocycles. The van der Waals surface area contributed by atoms with Crippen LogP contribution >= 0.6 is 11.8 Å². The largest absolute Gasteiger partial charge is 0.388 e. The SMILES string of the molecule is CC(N)=NC1CCC(Nc2nccc(C=C3SC(=O)NC3=O)n2)CC1. The molecule has 8 nitrogen and oxygen atoms in total. The number of nitrogens with two attached hydrogens (primary N) is 1. The maximum absolute atomic E-state index is 11.6. The number of nitrogens with zero attached hydrogens (tertiary/aromatic N) is 3. The van der Waals surface area contributed by atoms with Crippen molar-refractivity contribution >= 4 is 40.8 Å². The third kappa shape index (κ3) is 4.79. The molecule has 132 valence electrons. The van der Waals surface area contributed by atoms with E-state index in [9.17, 15) is 9.59 Å². The normalized spacial score (nSPS) is 26.0. The molecule has 0 aromatic carbocycles. The number of amides is 2. The lowest BCUT2D eigenvalue weighted by Gasteiger charge is -2.27. The Balaban J connectivity index is 1.61. The van der Waals surface area contributed by atoms with Gasteiger partial charge in [-0.3, -0.25) is 19.9 Å². The number of imide groups is 1. The minimum absolute atomic E-state index is 0.290. The highest BCUT2D eigenvalue weighted by Gasteiger charge is 2.25. The van der Waals surface area contributed by atoms with Gasteiger partial charge >= 0.3 is 0 Å². The van der Waals surface area contributed by atoms with Crippen molar-refractivity contribution in [1.29, 1.82) is 0 Å². The van der Waals surface area contributed by atoms with Gasteiger partial charge in [-0.25, -0.2) is 9.97 Å². The number of rotatable bonds is 4. The number of thioether (sulfide) groups is 1. The van der Waals surface area contributed by atoms with Crippen LogP contribution in [-0.2, 0) is 4.79 Å². The second-order valence-corrected chi connectivity index (χ2v) is 7.09. The first-order chi connectivity index (χ1) is 12.0. The highest BCUT2D eigenvalue weighted by molar-refractivity contribution is 8.18. The summed E-state index contributed by atoms with van der Waals surface area (Å²) in [5, 5.41) is 5.19. The number of hydrogen-bond donors (Lipinski definition) is 3. The zero-order chi connectivity index (χ0) is 17.8. The van der Waals surface area contributed by atoms with E-state index in [1.54, 1.807) is 18.3 Å². The smallest absolute Gasteiger partial charge is 0.290 e. The Kier molecular flexibility index (Phi) is 5.32. The molecule has 0 atom stereocenters. The first-order valence-corrected chi connectivity index (χ1v) is 8.95. The average Bonchev–Trinajstić information content (AvgIpc) is 2.87. The summed E-state index contributed by atoms with van der Waals surface area (Å²) in [5.41, 5.74) is 6.23. The van der Waals surface area contributed by atoms with Crippen LogP contribution in [0.5, 0.6) is 0 Å². The van der Waals surface area contributed by atoms with Crippen LogP contribution in [0, 0.1) is 0 Å². The molecule has 3 rings (SSSR count). The zero-order valence-electron chi connectivity index (χ0n) is 13.9. The quantitative estimate of drug-likeness (QED) is 0.426. The van der Waals surface area contributed by atoms with Gasteiger partial charge in [-0.1, -0.05) is 0 Å². The number of carbonyl (C=O) groups excluding carboxylic acids is 2. The highest BCUT2D eigenvalue weighted by Crippen LogP contribution is 2.26. The van der Waals surface area contributed by atoms with Crippen LogP contribution in [-0.4, -0.2) is 39.0 Å². The number of anilines is 1. The molecule has 0 unspecified atom stereocenters. The molecule has 25 heavy (non-hydrogen) atoms. The lowest BCUT2D eigenvalue weighted by atomic mass is 9.91. The topological polar surface area (TPSA) is 122 Å². The fraction of sp³-hybridized carbons (Fsp3) is 0.438. The maximum Gasteiger partial charge on any atom is 0.290 e. The minimum atomic E-state index is -0.391. The molecule has 1 saturated carbocycles. The lowest BCUT2D eigenvalue weighted by Crippen LogP contribution is -2.29. The summed E-state index contributed by atoms with van der Waals surface area (Å²) in [6, 6.07) is 2.29. The Hall–Kier alpha value is -2.42. The van der Waals surface area contributed by atoms with Crippen molar-refractivity contribution in [3.8, 4) is 0 Å². The number of amidine groups is 1. The fourth-order valence-corrected chi connectivity index (χ4v) is 3.56. The molecular weight excluding hydrogens is 340 g/mol. The zero-order valence-corrected chi connectivity index (χ0v) is 14.7. The van der Waals surface area contributed by atoms with E-state index < -0.39 is 5.91 Å². The third-order valence-corrected chi connectivity index (χ3v) is 4.82. The molecule has 1 aliphatic heterocycles. The Morgan fingerprint density at radius 3 is 2.80 bits per heavy atom. The number of carbonyl (C=O) groups is 2. The van der Waals surface area contributed by atoms with E-state index in [2.05, 4.69) is 25.6 Å².